The van der Waals surface area contributed by atoms with E-state index in [1.807, 2.05) is 13.8 Å². The highest BCUT2D eigenvalue weighted by atomic mass is 16.6. The number of hydrogen-bond donors (Lipinski definition) is 3. The number of nitrogens with two attached hydrogens (primary N) is 1. The molecule has 0 spiro atoms. The zero-order valence-electron chi connectivity index (χ0n) is 14.9. The first-order valence-electron chi connectivity index (χ1n) is 7.84. The molecule has 0 aromatic rings. The first kappa shape index (κ1) is 21.4. The van der Waals surface area contributed by atoms with Crippen LogP contribution in [0.15, 0.2) is 0 Å². The molecule has 0 aliphatic heterocycles. The van der Waals surface area contributed by atoms with Gasteiger partial charge in [0.05, 0.1) is 12.0 Å². The van der Waals surface area contributed by atoms with E-state index in [4.69, 9.17) is 10.5 Å². The molecule has 0 aliphatic rings. The number of carbonyl (C=O) groups excluding carboxylic acids is 2. The topological polar surface area (TPSA) is 119 Å². The van der Waals surface area contributed by atoms with E-state index >= 15 is 0 Å². The van der Waals surface area contributed by atoms with Gasteiger partial charge in [-0.3, -0.25) is 9.59 Å². The second kappa shape index (κ2) is 8.86. The van der Waals surface area contributed by atoms with Gasteiger partial charge in [-0.15, -0.1) is 0 Å². The second-order valence-corrected chi connectivity index (χ2v) is 7.29. The maximum atomic E-state index is 12.3. The largest absolute Gasteiger partial charge is 0.481 e. The van der Waals surface area contributed by atoms with Crippen molar-refractivity contribution in [3.8, 4) is 0 Å². The Morgan fingerprint density at radius 2 is 1.70 bits per heavy atom. The molecule has 7 nitrogen and oxygen atoms in total. The zero-order chi connectivity index (χ0) is 18.4. The van der Waals surface area contributed by atoms with Gasteiger partial charge in [-0.25, -0.2) is 4.79 Å². The molecule has 0 bridgehead atoms. The van der Waals surface area contributed by atoms with Gasteiger partial charge in [-0.1, -0.05) is 20.8 Å². The summed E-state index contributed by atoms with van der Waals surface area (Å²) in [4.78, 5) is 35.2. The zero-order valence-corrected chi connectivity index (χ0v) is 14.9. The molecule has 1 unspecified atom stereocenters. The molecule has 3 atom stereocenters. The summed E-state index contributed by atoms with van der Waals surface area (Å²) < 4.78 is 5.08. The van der Waals surface area contributed by atoms with Crippen molar-refractivity contribution < 1.29 is 24.2 Å². The highest BCUT2D eigenvalue weighted by Crippen LogP contribution is 2.18. The minimum atomic E-state index is -1.09. The summed E-state index contributed by atoms with van der Waals surface area (Å²) in [7, 11) is 0. The average Bonchev–Trinajstić information content (AvgIpc) is 2.38. The maximum absolute atomic E-state index is 12.3. The van der Waals surface area contributed by atoms with Gasteiger partial charge in [0.25, 0.3) is 0 Å². The third kappa shape index (κ3) is 8.54. The minimum Gasteiger partial charge on any atom is -0.481 e. The first-order chi connectivity index (χ1) is 10.3. The molecule has 0 radical (unpaired) electrons. The van der Waals surface area contributed by atoms with Crippen molar-refractivity contribution in [1.29, 1.82) is 0 Å². The van der Waals surface area contributed by atoms with Crippen LogP contribution in [0.25, 0.3) is 0 Å². The van der Waals surface area contributed by atoms with Gasteiger partial charge < -0.3 is 20.9 Å². The van der Waals surface area contributed by atoms with E-state index in [1.54, 1.807) is 27.7 Å². The van der Waals surface area contributed by atoms with Gasteiger partial charge in [0.1, 0.15) is 5.60 Å². The van der Waals surface area contributed by atoms with Crippen LogP contribution >= 0.6 is 0 Å². The molecule has 134 valence electrons. The number of aliphatic carboxylic acids is 1. The van der Waals surface area contributed by atoms with Crippen LogP contribution in [0.1, 0.15) is 48.0 Å². The lowest BCUT2D eigenvalue weighted by atomic mass is 9.85. The second-order valence-electron chi connectivity index (χ2n) is 7.29. The summed E-state index contributed by atoms with van der Waals surface area (Å²) in [6.45, 7) is 10.6. The number of carbonyl (C=O) groups is 3. The number of rotatable bonds is 8. The van der Waals surface area contributed by atoms with Crippen LogP contribution in [0.4, 0.5) is 4.79 Å². The molecule has 0 fully saturated rings. The van der Waals surface area contributed by atoms with Gasteiger partial charge in [0, 0.05) is 12.5 Å². The van der Waals surface area contributed by atoms with Gasteiger partial charge in [-0.2, -0.15) is 0 Å². The number of hydrogen-bond acceptors (Lipinski definition) is 5. The Balaban J connectivity index is 4.62. The first-order valence-corrected chi connectivity index (χ1v) is 7.84. The fourth-order valence-corrected chi connectivity index (χ4v) is 2.09. The molecule has 7 heteroatoms. The van der Waals surface area contributed by atoms with E-state index in [1.165, 1.54) is 0 Å². The van der Waals surface area contributed by atoms with E-state index in [-0.39, 0.29) is 18.2 Å². The Labute approximate surface area is 137 Å². The lowest BCUT2D eigenvalue weighted by Crippen LogP contribution is -2.47. The van der Waals surface area contributed by atoms with Crippen LogP contribution in [-0.4, -0.2) is 41.1 Å². The number of ketones is 1. The predicted octanol–water partition coefficient (Wildman–Crippen LogP) is 1.79. The van der Waals surface area contributed by atoms with Gasteiger partial charge in [0.15, 0.2) is 5.78 Å². The molecule has 1 amide bonds. The molecular weight excluding hydrogens is 300 g/mol. The van der Waals surface area contributed by atoms with Crippen LogP contribution in [0.2, 0.25) is 0 Å². The molecule has 0 heterocycles. The molecule has 0 saturated carbocycles. The fourth-order valence-electron chi connectivity index (χ4n) is 2.09. The van der Waals surface area contributed by atoms with Crippen molar-refractivity contribution in [1.82, 2.24) is 5.32 Å². The van der Waals surface area contributed by atoms with Gasteiger partial charge in [0.2, 0.25) is 0 Å². The van der Waals surface area contributed by atoms with E-state index in [9.17, 15) is 19.5 Å². The van der Waals surface area contributed by atoms with Crippen LogP contribution in [0.3, 0.4) is 0 Å². The standard InChI is InChI=1S/C16H30N2O5/c1-9(2)7-11(14(20)21)12(17)13(19)10(3)8-18-15(22)23-16(4,5)6/h9-12H,7-8,17H2,1-6H3,(H,18,22)(H,20,21)/t10-,11-,12?/m1/s1. The van der Waals surface area contributed by atoms with Crippen LogP contribution in [-0.2, 0) is 14.3 Å². The number of Topliss-reactive ketones (excluding diaryl/α,β-unsaturated/α-hetero) is 1. The van der Waals surface area contributed by atoms with Crippen LogP contribution < -0.4 is 11.1 Å². The summed E-state index contributed by atoms with van der Waals surface area (Å²) in [5.41, 5.74) is 5.22. The summed E-state index contributed by atoms with van der Waals surface area (Å²) in [5, 5.41) is 11.7. The normalized spacial score (nSPS) is 15.7. The van der Waals surface area contributed by atoms with Crippen LogP contribution in [0.5, 0.6) is 0 Å². The Kier molecular flexibility index (Phi) is 8.23. The molecule has 4 N–H and O–H groups in total. The van der Waals surface area contributed by atoms with Crippen molar-refractivity contribution in [2.24, 2.45) is 23.5 Å². The molecular formula is C16H30N2O5. The maximum Gasteiger partial charge on any atom is 0.407 e. The van der Waals surface area contributed by atoms with Crippen LogP contribution in [0, 0.1) is 17.8 Å². The van der Waals surface area contributed by atoms with Crippen molar-refractivity contribution in [3.63, 3.8) is 0 Å². The number of carboxylic acid groups (broad SMARTS) is 1. The molecule has 0 rings (SSSR count). The Morgan fingerprint density at radius 3 is 2.09 bits per heavy atom. The van der Waals surface area contributed by atoms with Crippen molar-refractivity contribution in [2.45, 2.75) is 59.6 Å². The smallest absolute Gasteiger partial charge is 0.407 e. The molecule has 0 aromatic carbocycles. The SMILES string of the molecule is CC(C)C[C@@H](C(=O)O)C(N)C(=O)[C@H](C)CNC(=O)OC(C)(C)C. The molecule has 0 aliphatic carbocycles. The fraction of sp³-hybridized carbons (Fsp3) is 0.812. The van der Waals surface area contributed by atoms with Gasteiger partial charge in [-0.05, 0) is 33.1 Å². The predicted molar refractivity (Wildman–Crippen MR) is 87.0 cm³/mol. The minimum absolute atomic E-state index is 0.0511. The monoisotopic (exact) mass is 330 g/mol. The number of nitrogens with one attached hydrogen (secondary N) is 1. The van der Waals surface area contributed by atoms with Gasteiger partial charge >= 0.3 is 12.1 Å². The number of carboxylic acids is 1. The van der Waals surface area contributed by atoms with E-state index in [2.05, 4.69) is 5.32 Å². The summed E-state index contributed by atoms with van der Waals surface area (Å²) in [6.07, 6.45) is -0.295. The molecule has 23 heavy (non-hydrogen) atoms. The third-order valence-corrected chi connectivity index (χ3v) is 3.24. The average molecular weight is 330 g/mol. The van der Waals surface area contributed by atoms with Crippen molar-refractivity contribution in [2.75, 3.05) is 6.54 Å². The van der Waals surface area contributed by atoms with E-state index in [0.29, 0.717) is 6.42 Å². The molecule has 0 saturated heterocycles. The summed E-state index contributed by atoms with van der Waals surface area (Å²) in [5.74, 6) is -2.86. The number of ether oxygens (including phenoxy) is 1. The lowest BCUT2D eigenvalue weighted by Gasteiger charge is -2.24. The summed E-state index contributed by atoms with van der Waals surface area (Å²) in [6, 6.07) is -1.09. The summed E-state index contributed by atoms with van der Waals surface area (Å²) >= 11 is 0. The Morgan fingerprint density at radius 1 is 1.17 bits per heavy atom. The highest BCUT2D eigenvalue weighted by Gasteiger charge is 2.33. The quantitative estimate of drug-likeness (QED) is 0.624. The number of amides is 1. The van der Waals surface area contributed by atoms with E-state index in [0.717, 1.165) is 0 Å². The Hall–Kier alpha value is -1.63. The van der Waals surface area contributed by atoms with Crippen molar-refractivity contribution in [3.05, 3.63) is 0 Å². The third-order valence-electron chi connectivity index (χ3n) is 3.24. The van der Waals surface area contributed by atoms with E-state index < -0.39 is 35.5 Å². The highest BCUT2D eigenvalue weighted by molar-refractivity contribution is 5.90. The lowest BCUT2D eigenvalue weighted by molar-refractivity contribution is -0.145. The molecule has 0 aromatic heterocycles. The number of alkyl carbamates (subject to hydrolysis) is 1. The van der Waals surface area contributed by atoms with Crippen molar-refractivity contribution >= 4 is 17.8 Å². The Bertz CT molecular complexity index is 429.